The summed E-state index contributed by atoms with van der Waals surface area (Å²) in [7, 11) is 2.04. The summed E-state index contributed by atoms with van der Waals surface area (Å²) in [6.07, 6.45) is 0. The van der Waals surface area contributed by atoms with Gasteiger partial charge in [0.25, 0.3) is 5.91 Å². The van der Waals surface area contributed by atoms with Crippen LogP contribution in [0.25, 0.3) is 0 Å². The normalized spacial score (nSPS) is 20.4. The molecule has 0 aliphatic carbocycles. The van der Waals surface area contributed by atoms with Crippen LogP contribution in [-0.2, 0) is 0 Å². The molecule has 0 bridgehead atoms. The van der Waals surface area contributed by atoms with Gasteiger partial charge in [-0.05, 0) is 51.2 Å². The van der Waals surface area contributed by atoms with Gasteiger partial charge in [0.05, 0.1) is 6.04 Å². The first-order valence-electron chi connectivity index (χ1n) is 9.93. The van der Waals surface area contributed by atoms with Crippen molar-refractivity contribution in [1.82, 2.24) is 15.1 Å². The van der Waals surface area contributed by atoms with Crippen molar-refractivity contribution in [3.8, 4) is 0 Å². The van der Waals surface area contributed by atoms with Crippen LogP contribution < -0.4 is 10.6 Å². The first-order chi connectivity index (χ1) is 14.6. The van der Waals surface area contributed by atoms with Crippen molar-refractivity contribution in [2.75, 3.05) is 32.0 Å². The highest BCUT2D eigenvalue weighted by atomic mass is 79.9. The van der Waals surface area contributed by atoms with Crippen molar-refractivity contribution in [3.05, 3.63) is 62.3 Å². The van der Waals surface area contributed by atoms with Crippen LogP contribution in [-0.4, -0.2) is 54.0 Å². The van der Waals surface area contributed by atoms with Gasteiger partial charge in [0.15, 0.2) is 0 Å². The van der Waals surface area contributed by atoms with E-state index in [0.29, 0.717) is 45.0 Å². The lowest BCUT2D eigenvalue weighted by atomic mass is 9.96. The molecule has 2 aromatic rings. The van der Waals surface area contributed by atoms with Crippen molar-refractivity contribution >= 4 is 45.2 Å². The molecule has 0 aromatic heterocycles. The van der Waals surface area contributed by atoms with E-state index in [4.69, 9.17) is 11.6 Å². The number of carbonyl (C=O) groups excluding carboxylic acids is 2. The predicted molar refractivity (Wildman–Crippen MR) is 122 cm³/mol. The average molecular weight is 510 g/mol. The first kappa shape index (κ1) is 22.0. The van der Waals surface area contributed by atoms with Gasteiger partial charge < -0.3 is 15.5 Å². The zero-order valence-corrected chi connectivity index (χ0v) is 19.8. The monoisotopic (exact) mass is 508 g/mol. The molecule has 1 saturated heterocycles. The molecule has 1 unspecified atom stereocenters. The van der Waals surface area contributed by atoms with Crippen LogP contribution >= 0.6 is 27.5 Å². The first-order valence-corrected chi connectivity index (χ1v) is 11.1. The number of fused-ring (bicyclic) bond motifs is 1. The van der Waals surface area contributed by atoms with Crippen LogP contribution in [0, 0.1) is 5.82 Å². The number of urea groups is 1. The van der Waals surface area contributed by atoms with E-state index in [1.54, 1.807) is 17.0 Å². The number of likely N-dealkylation sites (N-methyl/N-ethyl adjacent to an activating group) is 1. The number of nitrogens with zero attached hydrogens (tertiary/aromatic N) is 2. The molecule has 0 saturated carbocycles. The molecule has 0 radical (unpaired) electrons. The second-order valence-electron chi connectivity index (χ2n) is 8.57. The second-order valence-corrected chi connectivity index (χ2v) is 9.90. The third-order valence-electron chi connectivity index (χ3n) is 6.07. The Morgan fingerprint density at radius 3 is 2.74 bits per heavy atom. The lowest BCUT2D eigenvalue weighted by molar-refractivity contribution is 0.0608. The Balaban J connectivity index is 1.70. The molecule has 2 aromatic carbocycles. The highest BCUT2D eigenvalue weighted by molar-refractivity contribution is 9.10. The Morgan fingerprint density at radius 2 is 2.03 bits per heavy atom. The van der Waals surface area contributed by atoms with Crippen molar-refractivity contribution in [1.29, 1.82) is 0 Å². The summed E-state index contributed by atoms with van der Waals surface area (Å²) in [5.41, 5.74) is 1.75. The Hall–Kier alpha value is -2.16. The summed E-state index contributed by atoms with van der Waals surface area (Å²) < 4.78 is 14.6. The van der Waals surface area contributed by atoms with Gasteiger partial charge in [-0.25, -0.2) is 9.18 Å². The number of benzene rings is 2. The van der Waals surface area contributed by atoms with Gasteiger partial charge in [0.2, 0.25) is 0 Å². The molecule has 1 atom stereocenters. The summed E-state index contributed by atoms with van der Waals surface area (Å²) in [5, 5.41) is 6.16. The minimum Gasteiger partial charge on any atom is -0.341 e. The number of rotatable bonds is 2. The van der Waals surface area contributed by atoms with Crippen LogP contribution in [0.4, 0.5) is 14.9 Å². The van der Waals surface area contributed by atoms with Crippen molar-refractivity contribution in [2.45, 2.75) is 25.4 Å². The van der Waals surface area contributed by atoms with E-state index in [2.05, 4.69) is 45.3 Å². The molecule has 0 spiro atoms. The Labute approximate surface area is 193 Å². The molecule has 4 rings (SSSR count). The number of piperazine rings is 1. The van der Waals surface area contributed by atoms with E-state index in [1.807, 2.05) is 7.05 Å². The van der Waals surface area contributed by atoms with Crippen LogP contribution in [0.2, 0.25) is 5.02 Å². The third-order valence-corrected chi connectivity index (χ3v) is 6.87. The molecular weight excluding hydrogens is 487 g/mol. The topological polar surface area (TPSA) is 64.7 Å². The molecule has 1 fully saturated rings. The maximum absolute atomic E-state index is 13.9. The molecule has 2 aliphatic heterocycles. The number of anilines is 1. The number of halogens is 3. The average Bonchev–Trinajstić information content (AvgIpc) is 3.02. The number of hydrogen-bond acceptors (Lipinski definition) is 3. The van der Waals surface area contributed by atoms with Crippen LogP contribution in [0.15, 0.2) is 34.8 Å². The molecule has 2 heterocycles. The largest absolute Gasteiger partial charge is 0.341 e. The number of hydrogen-bond donors (Lipinski definition) is 2. The Bertz CT molecular complexity index is 1080. The minimum atomic E-state index is -0.668. The van der Waals surface area contributed by atoms with E-state index < -0.39 is 11.9 Å². The van der Waals surface area contributed by atoms with Gasteiger partial charge in [-0.2, -0.15) is 0 Å². The van der Waals surface area contributed by atoms with Crippen LogP contribution in [0.3, 0.4) is 0 Å². The van der Waals surface area contributed by atoms with Gasteiger partial charge in [0, 0.05) is 57.0 Å². The lowest BCUT2D eigenvalue weighted by Gasteiger charge is -2.45. The summed E-state index contributed by atoms with van der Waals surface area (Å²) in [6, 6.07) is 6.55. The standard InChI is InChI=1S/C22H23BrClFN4O2/c1-22(2)11-29(7-6-28(22)3)21(31)26-17-9-12(23)8-15-18(17)19(27-20(15)30)14-10-13(25)4-5-16(14)24/h4-5,8-10,19H,6-7,11H2,1-3H3,(H,26,31)(H,27,30). The van der Waals surface area contributed by atoms with Crippen LogP contribution in [0.1, 0.15) is 41.4 Å². The van der Waals surface area contributed by atoms with E-state index >= 15 is 0 Å². The maximum atomic E-state index is 13.9. The van der Waals surface area contributed by atoms with E-state index in [1.165, 1.54) is 18.2 Å². The lowest BCUT2D eigenvalue weighted by Crippen LogP contribution is -2.59. The van der Waals surface area contributed by atoms with E-state index in [-0.39, 0.29) is 17.5 Å². The molecule has 2 aliphatic rings. The zero-order valence-electron chi connectivity index (χ0n) is 17.4. The molecule has 6 nitrogen and oxygen atoms in total. The van der Waals surface area contributed by atoms with Crippen LogP contribution in [0.5, 0.6) is 0 Å². The van der Waals surface area contributed by atoms with Crippen molar-refractivity contribution in [3.63, 3.8) is 0 Å². The quantitative estimate of drug-likeness (QED) is 0.620. The zero-order chi connectivity index (χ0) is 22.5. The molecule has 3 amide bonds. The fourth-order valence-electron chi connectivity index (χ4n) is 4.08. The maximum Gasteiger partial charge on any atom is 0.321 e. The van der Waals surface area contributed by atoms with Crippen molar-refractivity contribution in [2.24, 2.45) is 0 Å². The smallest absolute Gasteiger partial charge is 0.321 e. The summed E-state index contributed by atoms with van der Waals surface area (Å²) in [4.78, 5) is 29.8. The summed E-state index contributed by atoms with van der Waals surface area (Å²) in [5.74, 6) is -0.762. The van der Waals surface area contributed by atoms with Gasteiger partial charge in [-0.15, -0.1) is 0 Å². The van der Waals surface area contributed by atoms with Gasteiger partial charge in [0.1, 0.15) is 5.82 Å². The number of carbonyl (C=O) groups is 2. The molecule has 31 heavy (non-hydrogen) atoms. The summed E-state index contributed by atoms with van der Waals surface area (Å²) >= 11 is 9.74. The van der Waals surface area contributed by atoms with Gasteiger partial charge in [-0.1, -0.05) is 27.5 Å². The SMILES string of the molecule is CN1CCN(C(=O)Nc2cc(Br)cc3c2C(c2cc(F)ccc2Cl)NC3=O)CC1(C)C. The highest BCUT2D eigenvalue weighted by Gasteiger charge is 2.36. The molecular formula is C22H23BrClFN4O2. The molecule has 9 heteroatoms. The fourth-order valence-corrected chi connectivity index (χ4v) is 4.76. The highest BCUT2D eigenvalue weighted by Crippen LogP contribution is 2.41. The summed E-state index contributed by atoms with van der Waals surface area (Å²) in [6.45, 7) is 6.11. The molecule has 2 N–H and O–H groups in total. The van der Waals surface area contributed by atoms with Gasteiger partial charge >= 0.3 is 6.03 Å². The number of amides is 3. The second kappa shape index (κ2) is 8.07. The fraction of sp³-hybridized carbons (Fsp3) is 0.364. The van der Waals surface area contributed by atoms with E-state index in [9.17, 15) is 14.0 Å². The van der Waals surface area contributed by atoms with Gasteiger partial charge in [-0.3, -0.25) is 9.69 Å². The molecule has 164 valence electrons. The van der Waals surface area contributed by atoms with E-state index in [0.717, 1.165) is 6.54 Å². The Morgan fingerprint density at radius 1 is 1.29 bits per heavy atom. The van der Waals surface area contributed by atoms with Crippen molar-refractivity contribution < 1.29 is 14.0 Å². The Kier molecular flexibility index (Phi) is 5.74. The predicted octanol–water partition coefficient (Wildman–Crippen LogP) is 4.63. The number of nitrogens with one attached hydrogen (secondary N) is 2. The minimum absolute atomic E-state index is 0.149. The third kappa shape index (κ3) is 4.16.